The second kappa shape index (κ2) is 5.20. The van der Waals surface area contributed by atoms with Gasteiger partial charge >= 0.3 is 0 Å². The maximum Gasteiger partial charge on any atom is 0.235 e. The number of aliphatic imine (C=N–C) groups is 1. The average molecular weight is 307 g/mol. The third-order valence-electron chi connectivity index (χ3n) is 2.17. The zero-order valence-corrected chi connectivity index (χ0v) is 11.7. The van der Waals surface area contributed by atoms with Crippen molar-refractivity contribution in [2.75, 3.05) is 12.5 Å². The molecule has 0 heterocycles. The van der Waals surface area contributed by atoms with Gasteiger partial charge in [0, 0.05) is 12.5 Å². The lowest BCUT2D eigenvalue weighted by atomic mass is 10.2. The van der Waals surface area contributed by atoms with Crippen LogP contribution in [0.15, 0.2) is 26.9 Å². The molecule has 104 valence electrons. The molecule has 6 nitrogen and oxygen atoms in total. The van der Waals surface area contributed by atoms with Gasteiger partial charge in [-0.05, 0) is 17.7 Å². The molecule has 0 radical (unpaired) electrons. The highest BCUT2D eigenvalue weighted by atomic mass is 32.2. The van der Waals surface area contributed by atoms with E-state index in [2.05, 4.69) is 4.99 Å². The first-order valence-corrected chi connectivity index (χ1v) is 8.62. The van der Waals surface area contributed by atoms with E-state index in [9.17, 15) is 26.0 Å². The molecule has 0 spiro atoms. The van der Waals surface area contributed by atoms with E-state index in [0.29, 0.717) is 6.26 Å². The second-order valence-corrected chi connectivity index (χ2v) is 7.79. The predicted molar refractivity (Wildman–Crippen MR) is 64.4 cm³/mol. The van der Waals surface area contributed by atoms with E-state index < -0.39 is 35.3 Å². The number of carbonyl (C=O) groups excluding carboxylic acids is 1. The topological polar surface area (TPSA) is 97.7 Å². The van der Waals surface area contributed by atoms with Crippen molar-refractivity contribution in [3.63, 3.8) is 0 Å². The van der Waals surface area contributed by atoms with E-state index in [1.54, 1.807) is 0 Å². The molecule has 1 aromatic rings. The number of isocyanates is 1. The van der Waals surface area contributed by atoms with Gasteiger partial charge in [-0.25, -0.2) is 31.0 Å². The van der Waals surface area contributed by atoms with E-state index in [-0.39, 0.29) is 12.1 Å². The molecule has 0 saturated carbocycles. The SMILES string of the molecule is CS(=O)(=O)c1cc(CN=C=O)cc(F)c1S(C)(=O)=O. The van der Waals surface area contributed by atoms with Crippen LogP contribution in [0.2, 0.25) is 0 Å². The predicted octanol–water partition coefficient (Wildman–Crippen LogP) is 0.469. The summed E-state index contributed by atoms with van der Waals surface area (Å²) in [4.78, 5) is 11.6. The number of nitrogens with zero attached hydrogens (tertiary/aromatic N) is 1. The molecule has 0 saturated heterocycles. The number of rotatable bonds is 4. The lowest BCUT2D eigenvalue weighted by molar-refractivity contribution is 0.551. The highest BCUT2D eigenvalue weighted by Gasteiger charge is 2.25. The maximum absolute atomic E-state index is 13.8. The van der Waals surface area contributed by atoms with Gasteiger partial charge < -0.3 is 0 Å². The maximum atomic E-state index is 13.8. The Morgan fingerprint density at radius 3 is 2.16 bits per heavy atom. The van der Waals surface area contributed by atoms with Crippen molar-refractivity contribution in [3.05, 3.63) is 23.5 Å². The van der Waals surface area contributed by atoms with Crippen LogP contribution < -0.4 is 0 Å². The van der Waals surface area contributed by atoms with E-state index in [0.717, 1.165) is 18.4 Å². The van der Waals surface area contributed by atoms with Crippen LogP contribution in [0, 0.1) is 5.82 Å². The van der Waals surface area contributed by atoms with Crippen molar-refractivity contribution in [3.8, 4) is 0 Å². The van der Waals surface area contributed by atoms with E-state index in [1.807, 2.05) is 0 Å². The van der Waals surface area contributed by atoms with E-state index >= 15 is 0 Å². The quantitative estimate of drug-likeness (QED) is 0.595. The van der Waals surface area contributed by atoms with Gasteiger partial charge in [0.1, 0.15) is 10.7 Å². The second-order valence-electron chi connectivity index (χ2n) is 3.86. The Morgan fingerprint density at radius 1 is 1.16 bits per heavy atom. The van der Waals surface area contributed by atoms with Gasteiger partial charge in [-0.15, -0.1) is 0 Å². The highest BCUT2D eigenvalue weighted by molar-refractivity contribution is 7.93. The van der Waals surface area contributed by atoms with Crippen LogP contribution in [-0.2, 0) is 31.0 Å². The number of hydrogen-bond acceptors (Lipinski definition) is 6. The largest absolute Gasteiger partial charge is 0.235 e. The van der Waals surface area contributed by atoms with Crippen LogP contribution in [0.25, 0.3) is 0 Å². The summed E-state index contributed by atoms with van der Waals surface area (Å²) in [5.41, 5.74) is 0.0636. The van der Waals surface area contributed by atoms with Crippen molar-refractivity contribution < 1.29 is 26.0 Å². The molecule has 0 atom stereocenters. The van der Waals surface area contributed by atoms with Crippen LogP contribution in [0.1, 0.15) is 5.56 Å². The van der Waals surface area contributed by atoms with E-state index in [1.165, 1.54) is 6.08 Å². The van der Waals surface area contributed by atoms with Crippen LogP contribution in [0.3, 0.4) is 0 Å². The lowest BCUT2D eigenvalue weighted by Gasteiger charge is -2.09. The van der Waals surface area contributed by atoms with Gasteiger partial charge in [0.2, 0.25) is 6.08 Å². The van der Waals surface area contributed by atoms with Crippen molar-refractivity contribution in [1.82, 2.24) is 0 Å². The molecule has 0 bridgehead atoms. The molecular weight excluding hydrogens is 297 g/mol. The van der Waals surface area contributed by atoms with Crippen LogP contribution in [0.5, 0.6) is 0 Å². The zero-order valence-electron chi connectivity index (χ0n) is 10.0. The summed E-state index contributed by atoms with van der Waals surface area (Å²) in [5, 5.41) is 0. The fourth-order valence-electron chi connectivity index (χ4n) is 1.47. The summed E-state index contributed by atoms with van der Waals surface area (Å²) in [6, 6.07) is 1.81. The van der Waals surface area contributed by atoms with Crippen molar-refractivity contribution in [1.29, 1.82) is 0 Å². The summed E-state index contributed by atoms with van der Waals surface area (Å²) in [6.45, 7) is -0.285. The number of hydrogen-bond donors (Lipinski definition) is 0. The summed E-state index contributed by atoms with van der Waals surface area (Å²) < 4.78 is 59.8. The van der Waals surface area contributed by atoms with Crippen LogP contribution in [-0.4, -0.2) is 35.4 Å². The lowest BCUT2D eigenvalue weighted by Crippen LogP contribution is -2.11. The first-order chi connectivity index (χ1) is 8.57. The molecule has 0 amide bonds. The van der Waals surface area contributed by atoms with Crippen LogP contribution >= 0.6 is 0 Å². The fourth-order valence-corrected chi connectivity index (χ4v) is 4.02. The molecule has 0 aromatic heterocycles. The van der Waals surface area contributed by atoms with Gasteiger partial charge in [0.15, 0.2) is 19.7 Å². The first-order valence-electron chi connectivity index (χ1n) is 4.83. The minimum Gasteiger partial charge on any atom is -0.224 e. The minimum absolute atomic E-state index is 0.0636. The molecule has 0 aliphatic heterocycles. The number of benzene rings is 1. The molecule has 1 aromatic carbocycles. The Balaban J connectivity index is 3.72. The molecule has 1 rings (SSSR count). The van der Waals surface area contributed by atoms with Crippen molar-refractivity contribution in [2.45, 2.75) is 16.3 Å². The summed E-state index contributed by atoms with van der Waals surface area (Å²) in [5.74, 6) is -1.19. The highest BCUT2D eigenvalue weighted by Crippen LogP contribution is 2.26. The molecule has 0 fully saturated rings. The minimum atomic E-state index is -4.05. The fraction of sp³-hybridized carbons (Fsp3) is 0.300. The van der Waals surface area contributed by atoms with Crippen LogP contribution in [0.4, 0.5) is 4.39 Å². The number of halogens is 1. The Labute approximate surface area is 109 Å². The zero-order chi connectivity index (χ0) is 14.8. The monoisotopic (exact) mass is 307 g/mol. The van der Waals surface area contributed by atoms with Gasteiger partial charge in [0.05, 0.1) is 11.4 Å². The first kappa shape index (κ1) is 15.5. The standard InChI is InChI=1S/C10H10FNO5S2/c1-18(14,15)9-4-7(5-12-6-13)3-8(11)10(9)19(2,16)17/h3-4H,5H2,1-2H3. The molecule has 0 unspecified atom stereocenters. The third-order valence-corrected chi connectivity index (χ3v) is 4.57. The summed E-state index contributed by atoms with van der Waals surface area (Å²) >= 11 is 0. The van der Waals surface area contributed by atoms with Crippen molar-refractivity contribution in [2.24, 2.45) is 4.99 Å². The van der Waals surface area contributed by atoms with Gasteiger partial charge in [-0.3, -0.25) is 0 Å². The molecule has 0 aliphatic carbocycles. The molecular formula is C10H10FNO5S2. The smallest absolute Gasteiger partial charge is 0.224 e. The molecule has 0 N–H and O–H groups in total. The van der Waals surface area contributed by atoms with Crippen molar-refractivity contribution >= 4 is 25.8 Å². The summed E-state index contributed by atoms with van der Waals surface area (Å²) in [6.07, 6.45) is 2.70. The summed E-state index contributed by atoms with van der Waals surface area (Å²) in [7, 11) is -7.99. The van der Waals surface area contributed by atoms with E-state index in [4.69, 9.17) is 0 Å². The van der Waals surface area contributed by atoms with Gasteiger partial charge in [-0.2, -0.15) is 0 Å². The Kier molecular flexibility index (Phi) is 4.24. The third kappa shape index (κ3) is 3.69. The van der Waals surface area contributed by atoms with Gasteiger partial charge in [-0.1, -0.05) is 0 Å². The Hall–Kier alpha value is -1.57. The Bertz CT molecular complexity index is 761. The molecule has 19 heavy (non-hydrogen) atoms. The molecule has 9 heteroatoms. The molecule has 0 aliphatic rings. The van der Waals surface area contributed by atoms with Gasteiger partial charge in [0.25, 0.3) is 0 Å². The normalized spacial score (nSPS) is 11.9. The number of sulfone groups is 2. The average Bonchev–Trinajstić information content (AvgIpc) is 2.22. The Morgan fingerprint density at radius 2 is 1.74 bits per heavy atom.